The molecule has 2 rings (SSSR count). The van der Waals surface area contributed by atoms with Crippen molar-refractivity contribution in [1.29, 1.82) is 0 Å². The molecular weight excluding hydrogens is 440 g/mol. The molecule has 1 aromatic heterocycles. The number of hydrogen-bond acceptors (Lipinski definition) is 6. The fraction of sp³-hybridized carbons (Fsp3) is 0.667. The third-order valence-corrected chi connectivity index (χ3v) is 5.89. The van der Waals surface area contributed by atoms with Crippen molar-refractivity contribution in [3.05, 3.63) is 47.5 Å². The Labute approximate surface area is 211 Å². The van der Waals surface area contributed by atoms with Crippen LogP contribution >= 0.6 is 0 Å². The lowest BCUT2D eigenvalue weighted by molar-refractivity contribution is -0.126. The van der Waals surface area contributed by atoms with E-state index in [4.69, 9.17) is 10.5 Å². The van der Waals surface area contributed by atoms with Gasteiger partial charge < -0.3 is 25.3 Å². The highest BCUT2D eigenvalue weighted by Gasteiger charge is 2.29. The molecule has 0 spiro atoms. The maximum Gasteiger partial charge on any atom is 0.240 e. The molecule has 0 aliphatic carbocycles. The van der Waals surface area contributed by atoms with E-state index in [-0.39, 0.29) is 17.9 Å². The number of hydrogen-bond donors (Lipinski definition) is 2. The van der Waals surface area contributed by atoms with Gasteiger partial charge >= 0.3 is 0 Å². The van der Waals surface area contributed by atoms with Crippen molar-refractivity contribution >= 4 is 5.91 Å². The van der Waals surface area contributed by atoms with Crippen LogP contribution in [-0.2, 0) is 29.1 Å². The average molecular weight is 487 g/mol. The number of carbonyl (C=O) groups excluding carboxylic acids is 1. The Morgan fingerprint density at radius 1 is 1.11 bits per heavy atom. The van der Waals surface area contributed by atoms with E-state index in [1.807, 2.05) is 30.3 Å². The highest BCUT2D eigenvalue weighted by molar-refractivity contribution is 5.85. The first-order valence-electron chi connectivity index (χ1n) is 12.8. The van der Waals surface area contributed by atoms with Crippen molar-refractivity contribution in [2.75, 3.05) is 26.2 Å². The van der Waals surface area contributed by atoms with E-state index >= 15 is 0 Å². The van der Waals surface area contributed by atoms with E-state index in [1.165, 1.54) is 0 Å². The van der Waals surface area contributed by atoms with Gasteiger partial charge in [0.15, 0.2) is 5.82 Å². The lowest BCUT2D eigenvalue weighted by Gasteiger charge is -2.26. The summed E-state index contributed by atoms with van der Waals surface area (Å²) in [6.07, 6.45) is 1.76. The van der Waals surface area contributed by atoms with E-state index in [9.17, 15) is 4.79 Å². The summed E-state index contributed by atoms with van der Waals surface area (Å²) in [7, 11) is 0. The van der Waals surface area contributed by atoms with Crippen LogP contribution in [0.15, 0.2) is 30.3 Å². The zero-order valence-corrected chi connectivity index (χ0v) is 22.8. The summed E-state index contributed by atoms with van der Waals surface area (Å²) in [5.74, 6) is 1.40. The van der Waals surface area contributed by atoms with Crippen LogP contribution in [-0.4, -0.2) is 57.4 Å². The van der Waals surface area contributed by atoms with Crippen LogP contribution in [0.2, 0.25) is 0 Å². The van der Waals surface area contributed by atoms with Gasteiger partial charge in [-0.25, -0.2) is 0 Å². The van der Waals surface area contributed by atoms with Crippen LogP contribution in [0, 0.1) is 5.41 Å². The Kier molecular flexibility index (Phi) is 10.9. The number of benzene rings is 1. The Bertz CT molecular complexity index is 895. The summed E-state index contributed by atoms with van der Waals surface area (Å²) in [6.45, 7) is 18.9. The predicted octanol–water partition coefficient (Wildman–Crippen LogP) is 3.71. The van der Waals surface area contributed by atoms with Gasteiger partial charge in [-0.15, -0.1) is 10.2 Å². The van der Waals surface area contributed by atoms with Crippen molar-refractivity contribution in [1.82, 2.24) is 25.0 Å². The van der Waals surface area contributed by atoms with Crippen LogP contribution in [0.5, 0.6) is 0 Å². The molecule has 1 atom stereocenters. The molecule has 2 aromatic rings. The molecule has 1 amide bonds. The first-order chi connectivity index (χ1) is 16.4. The molecule has 8 heteroatoms. The number of nitrogens with one attached hydrogen (secondary N) is 1. The lowest BCUT2D eigenvalue weighted by Crippen LogP contribution is -2.51. The van der Waals surface area contributed by atoms with Crippen LogP contribution in [0.1, 0.15) is 78.1 Å². The molecule has 0 bridgehead atoms. The Balaban J connectivity index is 2.30. The first kappa shape index (κ1) is 28.9. The summed E-state index contributed by atoms with van der Waals surface area (Å²) in [5.41, 5.74) is 6.21. The molecule has 0 aliphatic rings. The van der Waals surface area contributed by atoms with E-state index in [0.717, 1.165) is 56.2 Å². The second-order valence-electron chi connectivity index (χ2n) is 11.0. The van der Waals surface area contributed by atoms with Gasteiger partial charge in [0.1, 0.15) is 11.9 Å². The molecule has 0 saturated heterocycles. The molecular formula is C27H46N6O2. The van der Waals surface area contributed by atoms with Crippen LogP contribution in [0.4, 0.5) is 0 Å². The fourth-order valence-corrected chi connectivity index (χ4v) is 3.84. The zero-order chi connectivity index (χ0) is 26.1. The van der Waals surface area contributed by atoms with E-state index in [1.54, 1.807) is 13.8 Å². The molecule has 1 heterocycles. The molecule has 1 aromatic carbocycles. The van der Waals surface area contributed by atoms with Crippen molar-refractivity contribution in [2.45, 2.75) is 86.0 Å². The minimum atomic E-state index is -1.01. The Hall–Kier alpha value is -2.29. The van der Waals surface area contributed by atoms with Crippen molar-refractivity contribution in [3.63, 3.8) is 0 Å². The monoisotopic (exact) mass is 486 g/mol. The van der Waals surface area contributed by atoms with Crippen LogP contribution in [0.25, 0.3) is 0 Å². The molecule has 35 heavy (non-hydrogen) atoms. The fourth-order valence-electron chi connectivity index (χ4n) is 3.84. The third-order valence-electron chi connectivity index (χ3n) is 5.89. The summed E-state index contributed by atoms with van der Waals surface area (Å²) < 4.78 is 8.22. The van der Waals surface area contributed by atoms with Gasteiger partial charge in [0, 0.05) is 13.0 Å². The maximum absolute atomic E-state index is 12.9. The number of ether oxygens (including phenoxy) is 1. The molecule has 196 valence electrons. The number of nitrogens with two attached hydrogens (primary N) is 1. The Morgan fingerprint density at radius 2 is 1.77 bits per heavy atom. The number of amides is 1. The van der Waals surface area contributed by atoms with Gasteiger partial charge in [0.05, 0.1) is 18.8 Å². The SMILES string of the molecule is CCN(CC)CCCn1c(CC(C)(C)C)nnc1C(COCc1ccccc1)NC(=O)C(C)(C)N. The molecule has 0 fully saturated rings. The number of rotatable bonds is 14. The molecule has 1 unspecified atom stereocenters. The molecule has 3 N–H and O–H groups in total. The summed E-state index contributed by atoms with van der Waals surface area (Å²) in [5, 5.41) is 12.2. The molecule has 0 saturated carbocycles. The minimum Gasteiger partial charge on any atom is -0.374 e. The Morgan fingerprint density at radius 3 is 2.34 bits per heavy atom. The number of aromatic nitrogens is 3. The number of nitrogens with zero attached hydrogens (tertiary/aromatic N) is 4. The van der Waals surface area contributed by atoms with Crippen molar-refractivity contribution < 1.29 is 9.53 Å². The van der Waals surface area contributed by atoms with Gasteiger partial charge in [-0.05, 0) is 50.9 Å². The summed E-state index contributed by atoms with van der Waals surface area (Å²) >= 11 is 0. The quantitative estimate of drug-likeness (QED) is 0.422. The molecule has 8 nitrogen and oxygen atoms in total. The van der Waals surface area contributed by atoms with Crippen LogP contribution in [0.3, 0.4) is 0 Å². The molecule has 0 radical (unpaired) electrons. The highest BCUT2D eigenvalue weighted by Crippen LogP contribution is 2.23. The molecule has 0 aliphatic heterocycles. The second-order valence-corrected chi connectivity index (χ2v) is 11.0. The van der Waals surface area contributed by atoms with Crippen molar-refractivity contribution in [3.8, 4) is 0 Å². The zero-order valence-electron chi connectivity index (χ0n) is 22.8. The second kappa shape index (κ2) is 13.1. The number of carbonyl (C=O) groups is 1. The van der Waals surface area contributed by atoms with E-state index in [0.29, 0.717) is 6.61 Å². The van der Waals surface area contributed by atoms with Crippen molar-refractivity contribution in [2.24, 2.45) is 11.1 Å². The van der Waals surface area contributed by atoms with Gasteiger partial charge in [0.2, 0.25) is 5.91 Å². The smallest absolute Gasteiger partial charge is 0.240 e. The predicted molar refractivity (Wildman–Crippen MR) is 141 cm³/mol. The van der Waals surface area contributed by atoms with Gasteiger partial charge in [-0.1, -0.05) is 65.0 Å². The van der Waals surface area contributed by atoms with Gasteiger partial charge in [-0.3, -0.25) is 4.79 Å². The summed E-state index contributed by atoms with van der Waals surface area (Å²) in [6, 6.07) is 9.54. The normalized spacial score (nSPS) is 13.3. The van der Waals surface area contributed by atoms with E-state index in [2.05, 4.69) is 59.6 Å². The summed E-state index contributed by atoms with van der Waals surface area (Å²) in [4.78, 5) is 15.3. The van der Waals surface area contributed by atoms with Crippen LogP contribution < -0.4 is 11.1 Å². The van der Waals surface area contributed by atoms with Gasteiger partial charge in [-0.2, -0.15) is 0 Å². The minimum absolute atomic E-state index is 0.0583. The lowest BCUT2D eigenvalue weighted by atomic mass is 9.92. The largest absolute Gasteiger partial charge is 0.374 e. The van der Waals surface area contributed by atoms with Gasteiger partial charge in [0.25, 0.3) is 0 Å². The average Bonchev–Trinajstić information content (AvgIpc) is 3.16. The maximum atomic E-state index is 12.9. The first-order valence-corrected chi connectivity index (χ1v) is 12.8. The topological polar surface area (TPSA) is 98.3 Å². The highest BCUT2D eigenvalue weighted by atomic mass is 16.5. The van der Waals surface area contributed by atoms with E-state index < -0.39 is 11.6 Å². The standard InChI is InChI=1S/C27H46N6O2/c1-8-32(9-2)16-13-17-33-23(18-26(3,4)5)30-31-24(33)22(29-25(34)27(6,7)28)20-35-19-21-14-11-10-12-15-21/h10-12,14-15,22H,8-9,13,16-20,28H2,1-7H3,(H,29,34). The third kappa shape index (κ3) is 9.70.